The number of amides is 1. The van der Waals surface area contributed by atoms with E-state index in [-0.39, 0.29) is 11.5 Å². The number of anilines is 1. The first kappa shape index (κ1) is 16.1. The van der Waals surface area contributed by atoms with Gasteiger partial charge in [-0.25, -0.2) is 4.98 Å². The van der Waals surface area contributed by atoms with Crippen LogP contribution >= 0.6 is 0 Å². The van der Waals surface area contributed by atoms with Crippen molar-refractivity contribution in [3.05, 3.63) is 66.5 Å². The standard InChI is InChI=1S/C18H13N5O2/c19-11-13(18(25)21-16-8-4-5-9-20-16)17(24)15-10-14(22-23-15)12-6-2-1-3-7-12/h1-10,13H,(H,22,23)(H,20,21,25)/t13-/m1/s1. The third-order valence-corrected chi connectivity index (χ3v) is 3.48. The molecule has 2 heterocycles. The van der Waals surface area contributed by atoms with Gasteiger partial charge in [0.1, 0.15) is 11.5 Å². The van der Waals surface area contributed by atoms with Gasteiger partial charge >= 0.3 is 0 Å². The summed E-state index contributed by atoms with van der Waals surface area (Å²) in [6, 6.07) is 17.5. The topological polar surface area (TPSA) is 112 Å². The molecule has 7 heteroatoms. The Labute approximate surface area is 143 Å². The number of pyridine rings is 1. The number of H-pyrrole nitrogens is 1. The van der Waals surface area contributed by atoms with Crippen LogP contribution in [0.15, 0.2) is 60.8 Å². The van der Waals surface area contributed by atoms with Crippen LogP contribution < -0.4 is 5.32 Å². The highest BCUT2D eigenvalue weighted by Crippen LogP contribution is 2.19. The van der Waals surface area contributed by atoms with E-state index in [1.165, 1.54) is 12.3 Å². The second-order valence-electron chi connectivity index (χ2n) is 5.16. The molecule has 122 valence electrons. The number of hydrogen-bond acceptors (Lipinski definition) is 5. The minimum atomic E-state index is -1.49. The summed E-state index contributed by atoms with van der Waals surface area (Å²) in [6.45, 7) is 0. The van der Waals surface area contributed by atoms with Crippen molar-refractivity contribution >= 4 is 17.5 Å². The molecule has 1 amide bonds. The minimum Gasteiger partial charge on any atom is -0.309 e. The van der Waals surface area contributed by atoms with Crippen molar-refractivity contribution in [1.82, 2.24) is 15.2 Å². The number of carbonyl (C=O) groups excluding carboxylic acids is 2. The summed E-state index contributed by atoms with van der Waals surface area (Å²) >= 11 is 0. The van der Waals surface area contributed by atoms with E-state index < -0.39 is 17.6 Å². The largest absolute Gasteiger partial charge is 0.309 e. The second kappa shape index (κ2) is 7.19. The number of rotatable bonds is 5. The van der Waals surface area contributed by atoms with E-state index in [4.69, 9.17) is 0 Å². The first-order valence-corrected chi connectivity index (χ1v) is 7.45. The van der Waals surface area contributed by atoms with Gasteiger partial charge in [0.25, 0.3) is 5.91 Å². The fourth-order valence-corrected chi connectivity index (χ4v) is 2.23. The summed E-state index contributed by atoms with van der Waals surface area (Å²) in [5, 5.41) is 18.4. The molecule has 2 N–H and O–H groups in total. The van der Waals surface area contributed by atoms with Gasteiger partial charge in [0.05, 0.1) is 11.8 Å². The van der Waals surface area contributed by atoms with E-state index in [0.29, 0.717) is 5.69 Å². The van der Waals surface area contributed by atoms with Gasteiger partial charge in [-0.2, -0.15) is 10.4 Å². The highest BCUT2D eigenvalue weighted by molar-refractivity contribution is 6.14. The SMILES string of the molecule is N#C[C@@H](C(=O)Nc1ccccn1)C(=O)c1cc(-c2ccccc2)n[nH]1. The van der Waals surface area contributed by atoms with Crippen LogP contribution in [0.5, 0.6) is 0 Å². The molecule has 1 atom stereocenters. The number of aromatic amines is 1. The number of benzene rings is 1. The Balaban J connectivity index is 1.78. The fourth-order valence-electron chi connectivity index (χ4n) is 2.23. The van der Waals surface area contributed by atoms with Gasteiger partial charge in [0.15, 0.2) is 5.92 Å². The van der Waals surface area contributed by atoms with Crippen molar-refractivity contribution in [2.45, 2.75) is 0 Å². The third kappa shape index (κ3) is 3.59. The average Bonchev–Trinajstić information content (AvgIpc) is 3.14. The maximum absolute atomic E-state index is 12.5. The molecule has 0 unspecified atom stereocenters. The first-order valence-electron chi connectivity index (χ1n) is 7.45. The van der Waals surface area contributed by atoms with Crippen molar-refractivity contribution < 1.29 is 9.59 Å². The molecule has 0 aliphatic rings. The van der Waals surface area contributed by atoms with Crippen LogP contribution in [0.4, 0.5) is 5.82 Å². The molecule has 7 nitrogen and oxygen atoms in total. The Bertz CT molecular complexity index is 929. The van der Waals surface area contributed by atoms with Gasteiger partial charge in [0.2, 0.25) is 5.78 Å². The molecule has 0 saturated heterocycles. The van der Waals surface area contributed by atoms with E-state index in [0.717, 1.165) is 5.56 Å². The van der Waals surface area contributed by atoms with Crippen molar-refractivity contribution in [1.29, 1.82) is 5.26 Å². The van der Waals surface area contributed by atoms with Crippen LogP contribution in [0.2, 0.25) is 0 Å². The van der Waals surface area contributed by atoms with Gasteiger partial charge in [0, 0.05) is 11.8 Å². The molecule has 25 heavy (non-hydrogen) atoms. The Morgan fingerprint density at radius 2 is 1.88 bits per heavy atom. The van der Waals surface area contributed by atoms with Crippen molar-refractivity contribution in [2.75, 3.05) is 5.32 Å². The van der Waals surface area contributed by atoms with E-state index in [1.54, 1.807) is 24.3 Å². The highest BCUT2D eigenvalue weighted by Gasteiger charge is 2.29. The molecule has 3 rings (SSSR count). The first-order chi connectivity index (χ1) is 12.2. The molecule has 0 bridgehead atoms. The van der Waals surface area contributed by atoms with Gasteiger partial charge < -0.3 is 5.32 Å². The molecule has 3 aromatic rings. The number of aromatic nitrogens is 3. The summed E-state index contributed by atoms with van der Waals surface area (Å²) < 4.78 is 0. The van der Waals surface area contributed by atoms with Crippen molar-refractivity contribution in [3.8, 4) is 17.3 Å². The number of hydrogen-bond donors (Lipinski definition) is 2. The van der Waals surface area contributed by atoms with Crippen LogP contribution in [0.1, 0.15) is 10.5 Å². The van der Waals surface area contributed by atoms with Crippen LogP contribution in [0.3, 0.4) is 0 Å². The van der Waals surface area contributed by atoms with Crippen LogP contribution in [-0.4, -0.2) is 26.9 Å². The Morgan fingerprint density at radius 1 is 1.12 bits per heavy atom. The summed E-state index contributed by atoms with van der Waals surface area (Å²) in [6.07, 6.45) is 1.50. The van der Waals surface area contributed by atoms with Gasteiger partial charge in [-0.1, -0.05) is 36.4 Å². The molecular weight excluding hydrogens is 318 g/mol. The molecule has 0 fully saturated rings. The zero-order valence-corrected chi connectivity index (χ0v) is 13.0. The molecule has 1 aromatic carbocycles. The number of ketones is 1. The number of carbonyl (C=O) groups is 2. The van der Waals surface area contributed by atoms with Crippen molar-refractivity contribution in [3.63, 3.8) is 0 Å². The lowest BCUT2D eigenvalue weighted by molar-refractivity contribution is -0.117. The smallest absolute Gasteiger partial charge is 0.250 e. The lowest BCUT2D eigenvalue weighted by Crippen LogP contribution is -2.29. The fraction of sp³-hybridized carbons (Fsp3) is 0.0556. The summed E-state index contributed by atoms with van der Waals surface area (Å²) in [7, 11) is 0. The Hall–Kier alpha value is -3.79. The zero-order valence-electron chi connectivity index (χ0n) is 13.0. The third-order valence-electron chi connectivity index (χ3n) is 3.48. The number of nitrogens with one attached hydrogen (secondary N) is 2. The van der Waals surface area contributed by atoms with E-state index in [2.05, 4.69) is 20.5 Å². The van der Waals surface area contributed by atoms with Crippen LogP contribution in [0.25, 0.3) is 11.3 Å². The van der Waals surface area contributed by atoms with Crippen LogP contribution in [-0.2, 0) is 4.79 Å². The normalized spacial score (nSPS) is 11.3. The second-order valence-corrected chi connectivity index (χ2v) is 5.16. The lowest BCUT2D eigenvalue weighted by Gasteiger charge is -2.07. The molecular formula is C18H13N5O2. The Kier molecular flexibility index (Phi) is 4.62. The predicted octanol–water partition coefficient (Wildman–Crippen LogP) is 2.43. The molecule has 0 aliphatic carbocycles. The van der Waals surface area contributed by atoms with E-state index in [9.17, 15) is 14.9 Å². The predicted molar refractivity (Wildman–Crippen MR) is 90.3 cm³/mol. The van der Waals surface area contributed by atoms with Gasteiger partial charge in [-0.05, 0) is 18.2 Å². The lowest BCUT2D eigenvalue weighted by atomic mass is 10.0. The monoisotopic (exact) mass is 331 g/mol. The highest BCUT2D eigenvalue weighted by atomic mass is 16.2. The molecule has 0 spiro atoms. The number of nitrogens with zero attached hydrogens (tertiary/aromatic N) is 3. The minimum absolute atomic E-state index is 0.0987. The molecule has 0 radical (unpaired) electrons. The van der Waals surface area contributed by atoms with Crippen molar-refractivity contribution in [2.24, 2.45) is 5.92 Å². The van der Waals surface area contributed by atoms with Gasteiger partial charge in [-0.3, -0.25) is 14.7 Å². The molecule has 0 saturated carbocycles. The van der Waals surface area contributed by atoms with Gasteiger partial charge in [-0.15, -0.1) is 0 Å². The maximum Gasteiger partial charge on any atom is 0.250 e. The maximum atomic E-state index is 12.5. The summed E-state index contributed by atoms with van der Waals surface area (Å²) in [5.41, 5.74) is 1.48. The summed E-state index contributed by atoms with van der Waals surface area (Å²) in [5.74, 6) is -2.60. The average molecular weight is 331 g/mol. The quantitative estimate of drug-likeness (QED) is 0.551. The van der Waals surface area contributed by atoms with Crippen LogP contribution in [0, 0.1) is 17.2 Å². The Morgan fingerprint density at radius 3 is 2.56 bits per heavy atom. The number of nitriles is 1. The molecule has 2 aromatic heterocycles. The zero-order chi connectivity index (χ0) is 17.6. The van der Waals surface area contributed by atoms with E-state index in [1.807, 2.05) is 30.3 Å². The summed E-state index contributed by atoms with van der Waals surface area (Å²) in [4.78, 5) is 28.6. The number of Topliss-reactive ketones (excluding diaryl/α,β-unsaturated/α-hetero) is 1. The molecule has 0 aliphatic heterocycles. The van der Waals surface area contributed by atoms with E-state index >= 15 is 0 Å².